The van der Waals surface area contributed by atoms with E-state index in [1.54, 1.807) is 0 Å². The van der Waals surface area contributed by atoms with E-state index in [0.29, 0.717) is 32.8 Å². The van der Waals surface area contributed by atoms with Crippen LogP contribution < -0.4 is 15.2 Å². The van der Waals surface area contributed by atoms with Gasteiger partial charge in [0.15, 0.2) is 0 Å². The van der Waals surface area contributed by atoms with Crippen molar-refractivity contribution in [2.75, 3.05) is 57.6 Å². The van der Waals surface area contributed by atoms with Crippen molar-refractivity contribution in [3.8, 4) is 5.75 Å². The molecule has 2 saturated heterocycles. The number of benzene rings is 1. The third-order valence-electron chi connectivity index (χ3n) is 5.96. The molecule has 1 N–H and O–H groups in total. The summed E-state index contributed by atoms with van der Waals surface area (Å²) in [6, 6.07) is 8.74. The Hall–Kier alpha value is -2.09. The zero-order chi connectivity index (χ0) is 20.1. The number of anilines is 1. The summed E-state index contributed by atoms with van der Waals surface area (Å²) in [6.45, 7) is 8.50. The third kappa shape index (κ3) is 5.10. The van der Waals surface area contributed by atoms with Crippen molar-refractivity contribution in [3.05, 3.63) is 36.0 Å². The maximum absolute atomic E-state index is 12.6. The van der Waals surface area contributed by atoms with Crippen LogP contribution in [0, 0.1) is 0 Å². The quantitative estimate of drug-likeness (QED) is 0.707. The van der Waals surface area contributed by atoms with Gasteiger partial charge in [-0.2, -0.15) is 0 Å². The molecule has 2 fully saturated rings. The Labute approximate surface area is 173 Å². The molecule has 0 radical (unpaired) electrons. The van der Waals surface area contributed by atoms with Gasteiger partial charge in [0, 0.05) is 38.4 Å². The van der Waals surface area contributed by atoms with Gasteiger partial charge in [-0.3, -0.25) is 9.80 Å². The maximum atomic E-state index is 12.6. The number of likely N-dealkylation sites (tertiary alicyclic amines) is 1. The lowest BCUT2D eigenvalue weighted by Gasteiger charge is -2.26. The number of rotatable bonds is 7. The monoisotopic (exact) mass is 400 g/mol. The van der Waals surface area contributed by atoms with Crippen LogP contribution in [0.25, 0.3) is 0 Å². The topological polar surface area (TPSA) is 57.3 Å². The lowest BCUT2D eigenvalue weighted by molar-refractivity contribution is -0.131. The normalized spacial score (nSPS) is 22.8. The van der Waals surface area contributed by atoms with E-state index in [1.165, 1.54) is 19.4 Å². The first-order chi connectivity index (χ1) is 14.2. The number of hydrogen-bond donors (Lipinski definition) is 1. The number of carbonyl (C=O) groups is 1. The van der Waals surface area contributed by atoms with Crippen LogP contribution in [0.5, 0.6) is 5.75 Å². The number of carbonyl (C=O) groups excluding carboxylic acids is 1. The summed E-state index contributed by atoms with van der Waals surface area (Å²) in [5.74, 6) is 0.978. The third-order valence-corrected chi connectivity index (χ3v) is 5.96. The predicted octanol–water partition coefficient (Wildman–Crippen LogP) is 2.01. The minimum atomic E-state index is 0.0931. The Morgan fingerprint density at radius 2 is 2.00 bits per heavy atom. The van der Waals surface area contributed by atoms with Crippen LogP contribution in [0.15, 0.2) is 36.0 Å². The van der Waals surface area contributed by atoms with Crippen molar-refractivity contribution in [1.29, 1.82) is 0 Å². The lowest BCUT2D eigenvalue weighted by atomic mass is 10.2. The van der Waals surface area contributed by atoms with Crippen LogP contribution in [0.2, 0.25) is 0 Å². The molecule has 158 valence electrons. The first kappa shape index (κ1) is 20.2. The van der Waals surface area contributed by atoms with E-state index < -0.39 is 0 Å². The van der Waals surface area contributed by atoms with Crippen LogP contribution >= 0.6 is 0 Å². The summed E-state index contributed by atoms with van der Waals surface area (Å²) in [4.78, 5) is 17.0. The van der Waals surface area contributed by atoms with E-state index in [9.17, 15) is 4.79 Å². The SMILES string of the molecule is C[C@@H]1CCCN1CCCOc1ccc(N2C=C(C(=O)N3CCOCC3)CN2)cc1. The molecule has 0 aliphatic carbocycles. The molecule has 1 atom stereocenters. The Kier molecular flexibility index (Phi) is 6.69. The summed E-state index contributed by atoms with van der Waals surface area (Å²) in [5.41, 5.74) is 5.04. The number of ether oxygens (including phenoxy) is 2. The molecular weight excluding hydrogens is 368 g/mol. The minimum Gasteiger partial charge on any atom is -0.494 e. The zero-order valence-electron chi connectivity index (χ0n) is 17.3. The summed E-state index contributed by atoms with van der Waals surface area (Å²) in [5, 5.41) is 1.91. The van der Waals surface area contributed by atoms with Gasteiger partial charge in [-0.05, 0) is 57.0 Å². The molecule has 4 rings (SSSR count). The molecule has 7 nitrogen and oxygen atoms in total. The van der Waals surface area contributed by atoms with Crippen molar-refractivity contribution in [2.24, 2.45) is 0 Å². The van der Waals surface area contributed by atoms with Crippen LogP contribution in [0.1, 0.15) is 26.2 Å². The van der Waals surface area contributed by atoms with E-state index >= 15 is 0 Å². The molecule has 1 aromatic carbocycles. The molecule has 29 heavy (non-hydrogen) atoms. The maximum Gasteiger partial charge on any atom is 0.252 e. The predicted molar refractivity (Wildman–Crippen MR) is 113 cm³/mol. The first-order valence-electron chi connectivity index (χ1n) is 10.8. The fraction of sp³-hybridized carbons (Fsp3) is 0.591. The zero-order valence-corrected chi connectivity index (χ0v) is 17.3. The van der Waals surface area contributed by atoms with Gasteiger partial charge in [-0.25, -0.2) is 5.43 Å². The highest BCUT2D eigenvalue weighted by Crippen LogP contribution is 2.22. The molecule has 1 amide bonds. The summed E-state index contributed by atoms with van der Waals surface area (Å²) in [7, 11) is 0. The van der Waals surface area contributed by atoms with E-state index in [1.807, 2.05) is 40.4 Å². The highest BCUT2D eigenvalue weighted by atomic mass is 16.5. The van der Waals surface area contributed by atoms with Crippen molar-refractivity contribution in [3.63, 3.8) is 0 Å². The van der Waals surface area contributed by atoms with Gasteiger partial charge in [0.05, 0.1) is 31.1 Å². The number of hydrogen-bond acceptors (Lipinski definition) is 6. The number of nitrogens with one attached hydrogen (secondary N) is 1. The number of amides is 1. The van der Waals surface area contributed by atoms with E-state index in [2.05, 4.69) is 17.2 Å². The van der Waals surface area contributed by atoms with Gasteiger partial charge in [0.1, 0.15) is 5.75 Å². The van der Waals surface area contributed by atoms with Crippen LogP contribution in [0.3, 0.4) is 0 Å². The van der Waals surface area contributed by atoms with Crippen LogP contribution in [-0.4, -0.2) is 74.3 Å². The summed E-state index contributed by atoms with van der Waals surface area (Å²) < 4.78 is 11.2. The molecule has 0 aromatic heterocycles. The molecule has 3 aliphatic rings. The fourth-order valence-electron chi connectivity index (χ4n) is 4.17. The Bertz CT molecular complexity index is 715. The minimum absolute atomic E-state index is 0.0931. The average molecular weight is 401 g/mol. The standard InChI is InChI=1S/C22H32N4O3/c1-18-4-2-9-24(18)10-3-13-29-21-7-5-20(6-8-21)26-17-19(16-23-26)22(27)25-11-14-28-15-12-25/h5-8,17-18,23H,2-4,9-16H2,1H3/t18-/m1/s1. The van der Waals surface area contributed by atoms with E-state index in [0.717, 1.165) is 42.6 Å². The molecule has 3 aliphatic heterocycles. The molecule has 3 heterocycles. The molecule has 7 heteroatoms. The Balaban J connectivity index is 1.24. The first-order valence-corrected chi connectivity index (χ1v) is 10.8. The number of morpholine rings is 1. The largest absolute Gasteiger partial charge is 0.494 e. The van der Waals surface area contributed by atoms with Gasteiger partial charge in [-0.15, -0.1) is 0 Å². The highest BCUT2D eigenvalue weighted by molar-refractivity contribution is 5.95. The molecule has 1 aromatic rings. The molecular formula is C22H32N4O3. The van der Waals surface area contributed by atoms with Crippen LogP contribution in [0.4, 0.5) is 5.69 Å². The lowest BCUT2D eigenvalue weighted by Crippen LogP contribution is -2.42. The van der Waals surface area contributed by atoms with Crippen LogP contribution in [-0.2, 0) is 9.53 Å². The molecule has 0 unspecified atom stereocenters. The van der Waals surface area contributed by atoms with Gasteiger partial charge in [-0.1, -0.05) is 0 Å². The van der Waals surface area contributed by atoms with Crippen molar-refractivity contribution >= 4 is 11.6 Å². The highest BCUT2D eigenvalue weighted by Gasteiger charge is 2.25. The number of nitrogens with zero attached hydrogens (tertiary/aromatic N) is 3. The van der Waals surface area contributed by atoms with Crippen molar-refractivity contribution in [2.45, 2.75) is 32.2 Å². The molecule has 0 saturated carbocycles. The second-order valence-corrected chi connectivity index (χ2v) is 7.99. The van der Waals surface area contributed by atoms with E-state index in [4.69, 9.17) is 9.47 Å². The fourth-order valence-corrected chi connectivity index (χ4v) is 4.17. The number of hydrazine groups is 1. The second kappa shape index (κ2) is 9.61. The van der Waals surface area contributed by atoms with Crippen molar-refractivity contribution < 1.29 is 14.3 Å². The summed E-state index contributed by atoms with van der Waals surface area (Å²) in [6.07, 6.45) is 5.59. The molecule has 0 bridgehead atoms. The van der Waals surface area contributed by atoms with E-state index in [-0.39, 0.29) is 5.91 Å². The average Bonchev–Trinajstić information content (AvgIpc) is 3.41. The summed E-state index contributed by atoms with van der Waals surface area (Å²) >= 11 is 0. The van der Waals surface area contributed by atoms with Gasteiger partial charge in [0.2, 0.25) is 0 Å². The molecule has 0 spiro atoms. The van der Waals surface area contributed by atoms with Crippen molar-refractivity contribution in [1.82, 2.24) is 15.2 Å². The Morgan fingerprint density at radius 1 is 1.21 bits per heavy atom. The second-order valence-electron chi connectivity index (χ2n) is 7.99. The van der Waals surface area contributed by atoms with Gasteiger partial charge < -0.3 is 19.3 Å². The Morgan fingerprint density at radius 3 is 2.72 bits per heavy atom. The van der Waals surface area contributed by atoms with Gasteiger partial charge in [0.25, 0.3) is 5.91 Å². The smallest absolute Gasteiger partial charge is 0.252 e. The van der Waals surface area contributed by atoms with Gasteiger partial charge >= 0.3 is 0 Å².